The first-order valence-electron chi connectivity index (χ1n) is 7.04. The van der Waals surface area contributed by atoms with Crippen LogP contribution in [0.4, 0.5) is 0 Å². The van der Waals surface area contributed by atoms with Gasteiger partial charge in [-0.3, -0.25) is 4.79 Å². The molecule has 0 bridgehead atoms. The van der Waals surface area contributed by atoms with Gasteiger partial charge < -0.3 is 10.6 Å². The van der Waals surface area contributed by atoms with Crippen LogP contribution in [0.15, 0.2) is 29.2 Å². The Bertz CT molecular complexity index is 565. The first-order chi connectivity index (χ1) is 9.77. The summed E-state index contributed by atoms with van der Waals surface area (Å²) in [5.74, 6) is -0.572. The monoisotopic (exact) mass is 312 g/mol. The summed E-state index contributed by atoms with van der Waals surface area (Å²) in [6, 6.07) is 6.72. The zero-order chi connectivity index (χ0) is 16.0. The Morgan fingerprint density at radius 2 is 1.81 bits per heavy atom. The number of amides is 1. The van der Waals surface area contributed by atoms with Crippen LogP contribution in [0.25, 0.3) is 0 Å². The molecule has 21 heavy (non-hydrogen) atoms. The molecule has 1 aromatic carbocycles. The second-order valence-corrected chi connectivity index (χ2v) is 7.43. The number of nitrogens with two attached hydrogens (primary N) is 1. The Balaban J connectivity index is 2.79. The lowest BCUT2D eigenvalue weighted by Gasteiger charge is -2.16. The summed E-state index contributed by atoms with van der Waals surface area (Å²) in [5, 5.41) is 0. The highest BCUT2D eigenvalue weighted by molar-refractivity contribution is 7.92. The van der Waals surface area contributed by atoms with Gasteiger partial charge in [0.25, 0.3) is 0 Å². The molecule has 5 nitrogen and oxygen atoms in total. The topological polar surface area (TPSA) is 80.5 Å². The predicted molar refractivity (Wildman–Crippen MR) is 83.9 cm³/mol. The van der Waals surface area contributed by atoms with E-state index < -0.39 is 21.5 Å². The minimum atomic E-state index is -3.59. The Kier molecular flexibility index (Phi) is 6.36. The van der Waals surface area contributed by atoms with Crippen molar-refractivity contribution >= 4 is 15.7 Å². The molecule has 0 aliphatic heterocycles. The quantitative estimate of drug-likeness (QED) is 0.825. The Morgan fingerprint density at radius 3 is 2.29 bits per heavy atom. The highest BCUT2D eigenvalue weighted by Gasteiger charge is 2.21. The van der Waals surface area contributed by atoms with E-state index in [1.807, 2.05) is 13.8 Å². The highest BCUT2D eigenvalue weighted by atomic mass is 32.2. The number of benzene rings is 1. The highest BCUT2D eigenvalue weighted by Crippen LogP contribution is 2.18. The van der Waals surface area contributed by atoms with Gasteiger partial charge >= 0.3 is 0 Å². The van der Waals surface area contributed by atoms with Gasteiger partial charge in [0, 0.05) is 13.6 Å². The summed E-state index contributed by atoms with van der Waals surface area (Å²) in [6.45, 7) is 5.02. The molecule has 1 amide bonds. The van der Waals surface area contributed by atoms with Crippen LogP contribution in [0.5, 0.6) is 0 Å². The van der Waals surface area contributed by atoms with Crippen molar-refractivity contribution in [2.45, 2.75) is 31.1 Å². The minimum Gasteiger partial charge on any atom is -0.345 e. The Labute approximate surface area is 127 Å². The van der Waals surface area contributed by atoms with Gasteiger partial charge in [0.05, 0.1) is 4.90 Å². The van der Waals surface area contributed by atoms with Crippen molar-refractivity contribution in [1.29, 1.82) is 0 Å². The normalized spacial score (nSPS) is 11.7. The van der Waals surface area contributed by atoms with Crippen LogP contribution in [0.2, 0.25) is 0 Å². The van der Waals surface area contributed by atoms with Gasteiger partial charge in [-0.2, -0.15) is 0 Å². The van der Waals surface area contributed by atoms with Gasteiger partial charge in [0.1, 0.15) is 5.75 Å². The van der Waals surface area contributed by atoms with Gasteiger partial charge in [-0.05, 0) is 36.6 Å². The first kappa shape index (κ1) is 17.7. The van der Waals surface area contributed by atoms with E-state index in [0.29, 0.717) is 25.4 Å². The molecular weight excluding hydrogens is 288 g/mol. The summed E-state index contributed by atoms with van der Waals surface area (Å²) in [7, 11) is -2.00. The molecule has 1 rings (SSSR count). The number of rotatable bonds is 7. The summed E-state index contributed by atoms with van der Waals surface area (Å²) in [5.41, 5.74) is 6.45. The van der Waals surface area contributed by atoms with Gasteiger partial charge in [-0.25, -0.2) is 8.42 Å². The Morgan fingerprint density at radius 1 is 1.24 bits per heavy atom. The molecule has 2 N–H and O–H groups in total. The van der Waals surface area contributed by atoms with Crippen LogP contribution in [0.3, 0.4) is 0 Å². The summed E-state index contributed by atoms with van der Waals surface area (Å²) < 4.78 is 24.5. The van der Waals surface area contributed by atoms with Gasteiger partial charge in [0.15, 0.2) is 9.84 Å². The molecule has 0 aliphatic rings. The fourth-order valence-corrected chi connectivity index (χ4v) is 3.13. The van der Waals surface area contributed by atoms with Crippen molar-refractivity contribution < 1.29 is 13.2 Å². The van der Waals surface area contributed by atoms with Crippen LogP contribution in [-0.2, 0) is 14.6 Å². The van der Waals surface area contributed by atoms with Crippen molar-refractivity contribution in [1.82, 2.24) is 4.90 Å². The maximum Gasteiger partial charge on any atom is 0.237 e. The van der Waals surface area contributed by atoms with Crippen LogP contribution < -0.4 is 5.73 Å². The number of hydrogen-bond acceptors (Lipinski definition) is 4. The molecule has 0 unspecified atom stereocenters. The molecule has 6 heteroatoms. The lowest BCUT2D eigenvalue weighted by atomic mass is 10.0. The lowest BCUT2D eigenvalue weighted by Crippen LogP contribution is -2.34. The zero-order valence-electron chi connectivity index (χ0n) is 12.9. The van der Waals surface area contributed by atoms with Crippen LogP contribution in [-0.4, -0.2) is 45.1 Å². The smallest absolute Gasteiger partial charge is 0.237 e. The Hall–Kier alpha value is -1.40. The molecule has 0 aliphatic carbocycles. The molecule has 0 radical (unpaired) electrons. The number of sulfone groups is 1. The molecular formula is C15H24N2O3S. The molecule has 0 saturated carbocycles. The fraction of sp³-hybridized carbons (Fsp3) is 0.533. The van der Waals surface area contributed by atoms with E-state index in [1.165, 1.54) is 4.90 Å². The van der Waals surface area contributed by atoms with E-state index in [9.17, 15) is 13.2 Å². The van der Waals surface area contributed by atoms with E-state index in [1.54, 1.807) is 31.3 Å². The third-order valence-electron chi connectivity index (χ3n) is 3.34. The summed E-state index contributed by atoms with van der Waals surface area (Å²) >= 11 is 0. The van der Waals surface area contributed by atoms with E-state index in [-0.39, 0.29) is 4.90 Å². The van der Waals surface area contributed by atoms with Gasteiger partial charge in [0.2, 0.25) is 5.91 Å². The second-order valence-electron chi connectivity index (χ2n) is 5.44. The molecule has 0 saturated heterocycles. The number of hydrogen-bond donors (Lipinski definition) is 1. The SMILES string of the molecule is CC(C)c1ccc(S(=O)(=O)CC(=O)N(C)CCCN)cc1. The minimum absolute atomic E-state index is 0.187. The van der Waals surface area contributed by atoms with E-state index in [0.717, 1.165) is 5.56 Å². The van der Waals surface area contributed by atoms with Crippen LogP contribution in [0.1, 0.15) is 31.7 Å². The van der Waals surface area contributed by atoms with Gasteiger partial charge in [-0.1, -0.05) is 26.0 Å². The summed E-state index contributed by atoms with van der Waals surface area (Å²) in [4.78, 5) is 13.5. The molecule has 118 valence electrons. The van der Waals surface area contributed by atoms with Crippen molar-refractivity contribution in [2.24, 2.45) is 5.73 Å². The second kappa shape index (κ2) is 7.56. The number of nitrogens with zero attached hydrogens (tertiary/aromatic N) is 1. The molecule has 0 aromatic heterocycles. The van der Waals surface area contributed by atoms with Gasteiger partial charge in [-0.15, -0.1) is 0 Å². The summed E-state index contributed by atoms with van der Waals surface area (Å²) in [6.07, 6.45) is 0.658. The third kappa shape index (κ3) is 5.13. The van der Waals surface area contributed by atoms with Crippen molar-refractivity contribution in [3.05, 3.63) is 29.8 Å². The van der Waals surface area contributed by atoms with Crippen molar-refractivity contribution in [3.63, 3.8) is 0 Å². The van der Waals surface area contributed by atoms with Crippen LogP contribution >= 0.6 is 0 Å². The first-order valence-corrected chi connectivity index (χ1v) is 8.70. The predicted octanol–water partition coefficient (Wildman–Crippen LogP) is 1.39. The molecule has 0 heterocycles. The standard InChI is InChI=1S/C15H24N2O3S/c1-12(2)13-5-7-14(8-6-13)21(19,20)11-15(18)17(3)10-4-9-16/h5-8,12H,4,9-11,16H2,1-3H3. The molecule has 0 spiro atoms. The molecule has 1 aromatic rings. The average molecular weight is 312 g/mol. The molecule has 0 atom stereocenters. The van der Waals surface area contributed by atoms with Crippen molar-refractivity contribution in [3.8, 4) is 0 Å². The largest absolute Gasteiger partial charge is 0.345 e. The average Bonchev–Trinajstić information content (AvgIpc) is 2.44. The van der Waals surface area contributed by atoms with E-state index >= 15 is 0 Å². The number of carbonyl (C=O) groups excluding carboxylic acids is 1. The van der Waals surface area contributed by atoms with Crippen molar-refractivity contribution in [2.75, 3.05) is 25.9 Å². The third-order valence-corrected chi connectivity index (χ3v) is 4.96. The maximum absolute atomic E-state index is 12.2. The molecule has 0 fully saturated rings. The van der Waals surface area contributed by atoms with E-state index in [2.05, 4.69) is 0 Å². The van der Waals surface area contributed by atoms with Crippen LogP contribution in [0, 0.1) is 0 Å². The zero-order valence-corrected chi connectivity index (χ0v) is 13.7. The maximum atomic E-state index is 12.2. The number of carbonyl (C=O) groups is 1. The fourth-order valence-electron chi connectivity index (χ4n) is 1.87. The van der Waals surface area contributed by atoms with E-state index in [4.69, 9.17) is 5.73 Å². The lowest BCUT2D eigenvalue weighted by molar-refractivity contribution is -0.127.